The van der Waals surface area contributed by atoms with Gasteiger partial charge in [-0.25, -0.2) is 0 Å². The van der Waals surface area contributed by atoms with E-state index in [0.29, 0.717) is 36.9 Å². The standard InChI is InChI=1S/C15H31O4P.Y/c1-10(2)7-14-12(5)13(6)19-15(14)9-18-20(16)17-8-11(3)4;/h10-15,20H,7-9H2,1-6H3;/t12-,13+,14?,15-;/m1./s1. The monoisotopic (exact) mass is 395 g/mol. The Labute approximate surface area is 155 Å². The van der Waals surface area contributed by atoms with Crippen molar-refractivity contribution in [3.63, 3.8) is 0 Å². The van der Waals surface area contributed by atoms with Crippen LogP contribution in [-0.4, -0.2) is 25.4 Å². The Morgan fingerprint density at radius 2 is 1.71 bits per heavy atom. The van der Waals surface area contributed by atoms with Crippen molar-refractivity contribution >= 4 is 8.25 Å². The van der Waals surface area contributed by atoms with Gasteiger partial charge in [0.1, 0.15) is 0 Å². The predicted molar refractivity (Wildman–Crippen MR) is 82.2 cm³/mol. The largest absolute Gasteiger partial charge is 0.372 e. The normalized spacial score (nSPS) is 30.7. The zero-order chi connectivity index (χ0) is 15.3. The van der Waals surface area contributed by atoms with Gasteiger partial charge in [-0.3, -0.25) is 4.57 Å². The number of ether oxygens (including phenoxy) is 1. The molecule has 123 valence electrons. The van der Waals surface area contributed by atoms with Gasteiger partial charge in [-0.1, -0.05) is 34.6 Å². The molecule has 4 nitrogen and oxygen atoms in total. The Balaban J connectivity index is 0.00000400. The van der Waals surface area contributed by atoms with Gasteiger partial charge in [0, 0.05) is 32.7 Å². The first-order valence-corrected chi connectivity index (χ1v) is 8.98. The molecule has 21 heavy (non-hydrogen) atoms. The van der Waals surface area contributed by atoms with E-state index in [9.17, 15) is 4.57 Å². The summed E-state index contributed by atoms with van der Waals surface area (Å²) >= 11 is 0. The zero-order valence-electron chi connectivity index (χ0n) is 14.3. The molecule has 1 aliphatic rings. The molecule has 5 atom stereocenters. The number of hydrogen-bond donors (Lipinski definition) is 0. The Morgan fingerprint density at radius 1 is 1.10 bits per heavy atom. The smallest absolute Gasteiger partial charge is 0.319 e. The van der Waals surface area contributed by atoms with Crippen molar-refractivity contribution in [2.24, 2.45) is 23.7 Å². The summed E-state index contributed by atoms with van der Waals surface area (Å²) in [7, 11) is -2.39. The van der Waals surface area contributed by atoms with Gasteiger partial charge in [0.15, 0.2) is 0 Å². The molecule has 0 aliphatic carbocycles. The molecule has 1 fully saturated rings. The molecule has 6 heteroatoms. The molecule has 1 radical (unpaired) electrons. The second kappa shape index (κ2) is 10.9. The molecule has 1 saturated heterocycles. The summed E-state index contributed by atoms with van der Waals surface area (Å²) < 4.78 is 28.2. The van der Waals surface area contributed by atoms with Crippen LogP contribution in [0.3, 0.4) is 0 Å². The van der Waals surface area contributed by atoms with Crippen molar-refractivity contribution in [2.75, 3.05) is 13.2 Å². The second-order valence-electron chi connectivity index (χ2n) is 6.80. The molecule has 0 aromatic heterocycles. The van der Waals surface area contributed by atoms with Crippen LogP contribution < -0.4 is 0 Å². The van der Waals surface area contributed by atoms with E-state index in [1.165, 1.54) is 0 Å². The molecule has 1 heterocycles. The summed E-state index contributed by atoms with van der Waals surface area (Å²) in [5, 5.41) is 0. The van der Waals surface area contributed by atoms with Crippen LogP contribution in [0.15, 0.2) is 0 Å². The zero-order valence-corrected chi connectivity index (χ0v) is 18.1. The van der Waals surface area contributed by atoms with E-state index in [0.717, 1.165) is 6.42 Å². The molecule has 1 aliphatic heterocycles. The van der Waals surface area contributed by atoms with Crippen LogP contribution in [0.2, 0.25) is 0 Å². The topological polar surface area (TPSA) is 44.8 Å². The van der Waals surface area contributed by atoms with Crippen molar-refractivity contribution in [1.82, 2.24) is 0 Å². The molecule has 0 aromatic carbocycles. The molecule has 0 N–H and O–H groups in total. The molecular weight excluding hydrogens is 364 g/mol. The summed E-state index contributed by atoms with van der Waals surface area (Å²) in [4.78, 5) is 0. The van der Waals surface area contributed by atoms with E-state index >= 15 is 0 Å². The van der Waals surface area contributed by atoms with Crippen LogP contribution in [-0.2, 0) is 51.1 Å². The maximum atomic E-state index is 11.7. The van der Waals surface area contributed by atoms with E-state index in [2.05, 4.69) is 27.7 Å². The summed E-state index contributed by atoms with van der Waals surface area (Å²) in [5.74, 6) is 1.99. The Morgan fingerprint density at radius 3 is 2.24 bits per heavy atom. The Bertz CT molecular complexity index is 312. The van der Waals surface area contributed by atoms with Crippen LogP contribution in [0.1, 0.15) is 48.0 Å². The minimum absolute atomic E-state index is 0. The second-order valence-corrected chi connectivity index (χ2v) is 7.88. The first-order chi connectivity index (χ1) is 9.31. The predicted octanol–water partition coefficient (Wildman–Crippen LogP) is 4.15. The van der Waals surface area contributed by atoms with Gasteiger partial charge < -0.3 is 13.8 Å². The molecule has 0 bridgehead atoms. The molecular formula is C15H31O4PY. The van der Waals surface area contributed by atoms with Crippen molar-refractivity contribution in [2.45, 2.75) is 60.2 Å². The summed E-state index contributed by atoms with van der Waals surface area (Å²) in [6.45, 7) is 13.7. The molecule has 0 spiro atoms. The third-order valence-electron chi connectivity index (χ3n) is 3.93. The van der Waals surface area contributed by atoms with Gasteiger partial charge in [0.2, 0.25) is 0 Å². The summed E-state index contributed by atoms with van der Waals surface area (Å²) in [6, 6.07) is 0. The third kappa shape index (κ3) is 8.04. The number of hydrogen-bond acceptors (Lipinski definition) is 4. The minimum atomic E-state index is -2.39. The first kappa shape index (κ1) is 22.2. The fourth-order valence-corrected chi connectivity index (χ4v) is 3.54. The maximum Gasteiger partial charge on any atom is 0.319 e. The van der Waals surface area contributed by atoms with Crippen molar-refractivity contribution < 1.29 is 51.1 Å². The molecule has 1 rings (SSSR count). The Kier molecular flexibility index (Phi) is 11.5. The van der Waals surface area contributed by atoms with E-state index in [-0.39, 0.29) is 44.9 Å². The van der Waals surface area contributed by atoms with E-state index < -0.39 is 8.25 Å². The molecule has 0 amide bonds. The van der Waals surface area contributed by atoms with Gasteiger partial charge >= 0.3 is 8.25 Å². The van der Waals surface area contributed by atoms with E-state index in [1.807, 2.05) is 13.8 Å². The van der Waals surface area contributed by atoms with Crippen LogP contribution >= 0.6 is 8.25 Å². The average molecular weight is 395 g/mol. The van der Waals surface area contributed by atoms with E-state index in [1.54, 1.807) is 0 Å². The average Bonchev–Trinajstić information content (AvgIpc) is 2.61. The SMILES string of the molecule is CC(C)CO[PH](=O)OC[C@H]1O[C@@H](C)[C@@H](C)C1CC(C)C.[Y]. The van der Waals surface area contributed by atoms with Gasteiger partial charge in [-0.15, -0.1) is 0 Å². The summed E-state index contributed by atoms with van der Waals surface area (Å²) in [6.07, 6.45) is 1.40. The minimum Gasteiger partial charge on any atom is -0.372 e. The molecule has 0 aromatic rings. The quantitative estimate of drug-likeness (QED) is 0.580. The van der Waals surface area contributed by atoms with Crippen molar-refractivity contribution in [3.8, 4) is 0 Å². The fourth-order valence-electron chi connectivity index (χ4n) is 2.69. The fraction of sp³-hybridized carbons (Fsp3) is 1.00. The van der Waals surface area contributed by atoms with Gasteiger partial charge in [-0.2, -0.15) is 0 Å². The first-order valence-electron chi connectivity index (χ1n) is 7.76. The van der Waals surface area contributed by atoms with E-state index in [4.69, 9.17) is 13.8 Å². The van der Waals surface area contributed by atoms with Crippen LogP contribution in [0, 0.1) is 23.7 Å². The van der Waals surface area contributed by atoms with Crippen molar-refractivity contribution in [1.29, 1.82) is 0 Å². The van der Waals surface area contributed by atoms with Crippen LogP contribution in [0.25, 0.3) is 0 Å². The molecule has 2 unspecified atom stereocenters. The maximum absolute atomic E-state index is 11.7. The van der Waals surface area contributed by atoms with Gasteiger partial charge in [0.05, 0.1) is 25.4 Å². The van der Waals surface area contributed by atoms with Gasteiger partial charge in [-0.05, 0) is 37.0 Å². The van der Waals surface area contributed by atoms with Crippen LogP contribution in [0.4, 0.5) is 0 Å². The molecule has 0 saturated carbocycles. The van der Waals surface area contributed by atoms with Gasteiger partial charge in [0.25, 0.3) is 0 Å². The van der Waals surface area contributed by atoms with Crippen LogP contribution in [0.5, 0.6) is 0 Å². The summed E-state index contributed by atoms with van der Waals surface area (Å²) in [5.41, 5.74) is 0. The Hall–Kier alpha value is 1.21. The third-order valence-corrected chi connectivity index (χ3v) is 4.73. The number of rotatable bonds is 8. The van der Waals surface area contributed by atoms with Crippen molar-refractivity contribution in [3.05, 3.63) is 0 Å².